The molecule has 1 aliphatic heterocycles. The van der Waals surface area contributed by atoms with Crippen LogP contribution in [-0.4, -0.2) is 58.5 Å². The Labute approximate surface area is 195 Å². The molecule has 1 saturated heterocycles. The van der Waals surface area contributed by atoms with Crippen LogP contribution in [0.5, 0.6) is 0 Å². The first-order valence-electron chi connectivity index (χ1n) is 11.5. The van der Waals surface area contributed by atoms with Crippen LogP contribution in [0.2, 0.25) is 0 Å². The normalized spacial score (nSPS) is 18.7. The van der Waals surface area contributed by atoms with Gasteiger partial charge in [-0.05, 0) is 18.1 Å². The van der Waals surface area contributed by atoms with E-state index in [1.807, 2.05) is 80.1 Å². The number of guanidine groups is 1. The number of aliphatic hydroxyl groups is 1. The van der Waals surface area contributed by atoms with Crippen molar-refractivity contribution < 1.29 is 9.84 Å². The molecule has 2 N–H and O–H groups in total. The summed E-state index contributed by atoms with van der Waals surface area (Å²) in [6.07, 6.45) is 4.27. The first-order chi connectivity index (χ1) is 16.1. The summed E-state index contributed by atoms with van der Waals surface area (Å²) in [5, 5.41) is 19.5. The van der Waals surface area contributed by atoms with Crippen LogP contribution >= 0.6 is 0 Å². The molecule has 2 unspecified atom stereocenters. The van der Waals surface area contributed by atoms with Gasteiger partial charge in [0, 0.05) is 38.3 Å². The second kappa shape index (κ2) is 10.6. The fraction of sp³-hybridized carbons (Fsp3) is 0.385. The topological polar surface area (TPSA) is 74.9 Å². The monoisotopic (exact) mass is 447 g/mol. The van der Waals surface area contributed by atoms with Crippen LogP contribution in [0.1, 0.15) is 29.7 Å². The summed E-state index contributed by atoms with van der Waals surface area (Å²) in [4.78, 5) is 7.13. The smallest absolute Gasteiger partial charge is 0.194 e. The molecule has 7 nitrogen and oxygen atoms in total. The van der Waals surface area contributed by atoms with E-state index in [0.29, 0.717) is 19.6 Å². The molecule has 2 aromatic carbocycles. The minimum Gasteiger partial charge on any atom is -0.383 e. The summed E-state index contributed by atoms with van der Waals surface area (Å²) in [7, 11) is 1.91. The summed E-state index contributed by atoms with van der Waals surface area (Å²) in [5.41, 5.74) is 1.89. The lowest BCUT2D eigenvalue weighted by molar-refractivity contribution is -0.00843. The van der Waals surface area contributed by atoms with Crippen LogP contribution in [0.15, 0.2) is 78.0 Å². The van der Waals surface area contributed by atoms with E-state index in [1.165, 1.54) is 0 Å². The quantitative estimate of drug-likeness (QED) is 0.430. The molecule has 33 heavy (non-hydrogen) atoms. The van der Waals surface area contributed by atoms with Gasteiger partial charge in [-0.1, -0.05) is 60.7 Å². The molecule has 2 atom stereocenters. The molecule has 0 saturated carbocycles. The molecule has 1 aliphatic rings. The maximum atomic E-state index is 11.8. The Morgan fingerprint density at radius 2 is 1.91 bits per heavy atom. The summed E-state index contributed by atoms with van der Waals surface area (Å²) in [5.74, 6) is 0.789. The number of aromatic nitrogens is 2. The molecule has 0 bridgehead atoms. The molecule has 0 amide bonds. The SMILES string of the molecule is CCNC(=NCC(O)(Cc1ccccc1)c1ccccc1)N1CCOC(c2cnn(C)c2)C1. The molecule has 3 aromatic rings. The van der Waals surface area contributed by atoms with Gasteiger partial charge < -0.3 is 20.1 Å². The van der Waals surface area contributed by atoms with Crippen molar-refractivity contribution in [3.05, 3.63) is 89.7 Å². The zero-order valence-electron chi connectivity index (χ0n) is 19.4. The minimum atomic E-state index is -1.11. The van der Waals surface area contributed by atoms with Gasteiger partial charge >= 0.3 is 0 Å². The molecule has 4 rings (SSSR count). The van der Waals surface area contributed by atoms with E-state index in [9.17, 15) is 5.11 Å². The van der Waals surface area contributed by atoms with E-state index in [1.54, 1.807) is 4.68 Å². The van der Waals surface area contributed by atoms with Crippen LogP contribution in [0, 0.1) is 0 Å². The molecule has 7 heteroatoms. The summed E-state index contributed by atoms with van der Waals surface area (Å²) < 4.78 is 7.79. The fourth-order valence-electron chi connectivity index (χ4n) is 4.21. The summed E-state index contributed by atoms with van der Waals surface area (Å²) in [6, 6.07) is 19.9. The Balaban J connectivity index is 1.57. The average Bonchev–Trinajstić information content (AvgIpc) is 3.29. The highest BCUT2D eigenvalue weighted by molar-refractivity contribution is 5.80. The largest absolute Gasteiger partial charge is 0.383 e. The van der Waals surface area contributed by atoms with E-state index in [-0.39, 0.29) is 12.6 Å². The van der Waals surface area contributed by atoms with Crippen molar-refractivity contribution in [2.24, 2.45) is 12.0 Å². The highest BCUT2D eigenvalue weighted by Gasteiger charge is 2.31. The first-order valence-corrected chi connectivity index (χ1v) is 11.5. The van der Waals surface area contributed by atoms with Gasteiger partial charge in [0.1, 0.15) is 11.7 Å². The van der Waals surface area contributed by atoms with Gasteiger partial charge in [0.2, 0.25) is 0 Å². The van der Waals surface area contributed by atoms with Crippen molar-refractivity contribution in [2.75, 3.05) is 32.8 Å². The van der Waals surface area contributed by atoms with E-state index in [2.05, 4.69) is 22.2 Å². The Hall–Kier alpha value is -3.16. The third-order valence-electron chi connectivity index (χ3n) is 5.94. The predicted molar refractivity (Wildman–Crippen MR) is 130 cm³/mol. The van der Waals surface area contributed by atoms with Crippen molar-refractivity contribution in [1.82, 2.24) is 20.0 Å². The fourth-order valence-corrected chi connectivity index (χ4v) is 4.21. The predicted octanol–water partition coefficient (Wildman–Crippen LogP) is 2.89. The van der Waals surface area contributed by atoms with E-state index >= 15 is 0 Å². The Morgan fingerprint density at radius 3 is 2.58 bits per heavy atom. The highest BCUT2D eigenvalue weighted by Crippen LogP contribution is 2.27. The van der Waals surface area contributed by atoms with Crippen LogP contribution in [0.4, 0.5) is 0 Å². The van der Waals surface area contributed by atoms with Crippen LogP contribution in [0.3, 0.4) is 0 Å². The number of aliphatic imine (C=N–C) groups is 1. The molecule has 2 heterocycles. The lowest BCUT2D eigenvalue weighted by Gasteiger charge is -2.35. The van der Waals surface area contributed by atoms with Gasteiger partial charge in [-0.15, -0.1) is 0 Å². The average molecular weight is 448 g/mol. The second-order valence-electron chi connectivity index (χ2n) is 8.48. The number of hydrogen-bond donors (Lipinski definition) is 2. The van der Waals surface area contributed by atoms with Gasteiger partial charge in [-0.3, -0.25) is 4.68 Å². The molecule has 0 radical (unpaired) electrons. The van der Waals surface area contributed by atoms with E-state index < -0.39 is 5.60 Å². The Kier molecular flexibility index (Phi) is 7.42. The molecule has 0 spiro atoms. The lowest BCUT2D eigenvalue weighted by atomic mass is 9.87. The number of nitrogens with zero attached hydrogens (tertiary/aromatic N) is 4. The molecule has 1 aromatic heterocycles. The van der Waals surface area contributed by atoms with Crippen molar-refractivity contribution in [1.29, 1.82) is 0 Å². The van der Waals surface area contributed by atoms with Gasteiger partial charge in [0.25, 0.3) is 0 Å². The van der Waals surface area contributed by atoms with Crippen LogP contribution in [0.25, 0.3) is 0 Å². The summed E-state index contributed by atoms with van der Waals surface area (Å²) >= 11 is 0. The van der Waals surface area contributed by atoms with Crippen molar-refractivity contribution >= 4 is 5.96 Å². The number of rotatable bonds is 7. The molecular formula is C26H33N5O2. The Morgan fingerprint density at radius 1 is 1.18 bits per heavy atom. The zero-order chi connectivity index (χ0) is 23.1. The van der Waals surface area contributed by atoms with Crippen molar-refractivity contribution in [2.45, 2.75) is 25.0 Å². The number of benzene rings is 2. The lowest BCUT2D eigenvalue weighted by Crippen LogP contribution is -2.48. The molecule has 1 fully saturated rings. The number of hydrogen-bond acceptors (Lipinski definition) is 4. The number of nitrogens with one attached hydrogen (secondary N) is 1. The first kappa shape index (κ1) is 23.0. The number of morpholine rings is 1. The van der Waals surface area contributed by atoms with Crippen molar-refractivity contribution in [3.8, 4) is 0 Å². The summed E-state index contributed by atoms with van der Waals surface area (Å²) in [6.45, 7) is 5.09. The number of ether oxygens (including phenoxy) is 1. The molecule has 0 aliphatic carbocycles. The zero-order valence-corrected chi connectivity index (χ0v) is 19.4. The number of aryl methyl sites for hydroxylation is 1. The third kappa shape index (κ3) is 5.80. The minimum absolute atomic E-state index is 0.0615. The standard InChI is InChI=1S/C26H33N5O2/c1-3-27-25(31-14-15-33-24(19-31)22-17-29-30(2)18-22)28-20-26(32,23-12-8-5-9-13-23)16-21-10-6-4-7-11-21/h4-13,17-18,24,32H,3,14-16,19-20H2,1-2H3,(H,27,28). The van der Waals surface area contributed by atoms with Crippen LogP contribution < -0.4 is 5.32 Å². The molecule has 174 valence electrons. The maximum absolute atomic E-state index is 11.8. The van der Waals surface area contributed by atoms with Gasteiger partial charge in [-0.2, -0.15) is 5.10 Å². The van der Waals surface area contributed by atoms with Crippen LogP contribution in [-0.2, 0) is 23.8 Å². The highest BCUT2D eigenvalue weighted by atomic mass is 16.5. The van der Waals surface area contributed by atoms with Gasteiger partial charge in [0.05, 0.1) is 25.9 Å². The maximum Gasteiger partial charge on any atom is 0.194 e. The van der Waals surface area contributed by atoms with Gasteiger partial charge in [-0.25, -0.2) is 4.99 Å². The van der Waals surface area contributed by atoms with E-state index in [4.69, 9.17) is 9.73 Å². The Bertz CT molecular complexity index is 1040. The van der Waals surface area contributed by atoms with Crippen molar-refractivity contribution in [3.63, 3.8) is 0 Å². The second-order valence-corrected chi connectivity index (χ2v) is 8.48. The third-order valence-corrected chi connectivity index (χ3v) is 5.94. The molecular weight excluding hydrogens is 414 g/mol. The van der Waals surface area contributed by atoms with Gasteiger partial charge in [0.15, 0.2) is 5.96 Å². The van der Waals surface area contributed by atoms with E-state index in [0.717, 1.165) is 35.7 Å².